The monoisotopic (exact) mass is 666 g/mol. The summed E-state index contributed by atoms with van der Waals surface area (Å²) in [5, 5.41) is 1.71. The zero-order valence-corrected chi connectivity index (χ0v) is 29.3. The van der Waals surface area contributed by atoms with Crippen LogP contribution < -0.4 is 9.80 Å². The maximum absolute atomic E-state index is 6.67. The Morgan fingerprint density at radius 1 is 0.854 bits per heavy atom. The molecule has 0 bridgehead atoms. The summed E-state index contributed by atoms with van der Waals surface area (Å²) in [4.78, 5) is 4.86. The minimum Gasteiger partial charge on any atom is -0.347 e. The van der Waals surface area contributed by atoms with Gasteiger partial charge in [0.15, 0.2) is 5.71 Å². The normalized spacial score (nSPS) is 24.5. The number of hydrogen-bond donors (Lipinski definition) is 0. The lowest BCUT2D eigenvalue weighted by Gasteiger charge is -2.29. The predicted molar refractivity (Wildman–Crippen MR) is 201 cm³/mol. The van der Waals surface area contributed by atoms with Gasteiger partial charge in [0, 0.05) is 68.9 Å². The minimum atomic E-state index is -0.168. The molecule has 1 fully saturated rings. The van der Waals surface area contributed by atoms with Crippen molar-refractivity contribution in [2.24, 2.45) is 0 Å². The van der Waals surface area contributed by atoms with Crippen LogP contribution in [0.1, 0.15) is 55.7 Å². The zero-order chi connectivity index (χ0) is 32.9. The van der Waals surface area contributed by atoms with Crippen molar-refractivity contribution in [1.29, 1.82) is 0 Å². The third-order valence-corrected chi connectivity index (χ3v) is 12.1. The van der Waals surface area contributed by atoms with Gasteiger partial charge in [-0.1, -0.05) is 71.8 Å². The first-order valence-electron chi connectivity index (χ1n) is 16.9. The molecule has 4 aromatic carbocycles. The Hall–Kier alpha value is -4.31. The lowest BCUT2D eigenvalue weighted by Crippen LogP contribution is -2.26. The second-order valence-corrected chi connectivity index (χ2v) is 15.2. The number of nitrogens with zero attached hydrogens (tertiary/aromatic N) is 3. The maximum Gasteiger partial charge on any atom is 0.209 e. The first-order valence-corrected chi connectivity index (χ1v) is 17.7. The molecular weight excluding hydrogens is 629 g/mol. The lowest BCUT2D eigenvalue weighted by atomic mass is 9.77. The van der Waals surface area contributed by atoms with Gasteiger partial charge in [-0.15, -0.1) is 0 Å². The molecule has 1 spiro atoms. The highest BCUT2D eigenvalue weighted by atomic mass is 35.5. The fourth-order valence-electron chi connectivity index (χ4n) is 9.14. The number of anilines is 3. The highest BCUT2D eigenvalue weighted by Gasteiger charge is 2.72. The molecule has 48 heavy (non-hydrogen) atoms. The van der Waals surface area contributed by atoms with Gasteiger partial charge in [0.25, 0.3) is 0 Å². The zero-order valence-electron chi connectivity index (χ0n) is 27.8. The molecule has 5 aliphatic rings. The summed E-state index contributed by atoms with van der Waals surface area (Å²) >= 11 is 13.1. The molecular formula is C43H38Cl2N3+. The van der Waals surface area contributed by atoms with Gasteiger partial charge in [-0.05, 0) is 110 Å². The minimum absolute atomic E-state index is 0.151. The van der Waals surface area contributed by atoms with Crippen molar-refractivity contribution in [2.45, 2.75) is 49.9 Å². The summed E-state index contributed by atoms with van der Waals surface area (Å²) in [7, 11) is 4.39. The molecule has 4 aromatic rings. The average molecular weight is 668 g/mol. The molecule has 0 N–H and O–H groups in total. The molecule has 0 amide bonds. The van der Waals surface area contributed by atoms with Gasteiger partial charge in [-0.25, -0.2) is 0 Å². The SMILES string of the molecule is CN1C(=CC=C2CCC(C=CC3=[N+](C)c4ccc(Cl)cc4C3(C)C)=C2N(c2ccccc2)c2ccccc2)C23C[C@@H]2c2c(Cl)ccc1c23. The number of benzene rings is 4. The number of fused-ring (bicyclic) bond motifs is 2. The van der Waals surface area contributed by atoms with E-state index in [1.54, 1.807) is 0 Å². The van der Waals surface area contributed by atoms with E-state index in [-0.39, 0.29) is 10.8 Å². The molecule has 3 nitrogen and oxygen atoms in total. The first-order chi connectivity index (χ1) is 23.2. The molecule has 3 aliphatic carbocycles. The van der Waals surface area contributed by atoms with Crippen molar-refractivity contribution in [1.82, 2.24) is 0 Å². The fourth-order valence-corrected chi connectivity index (χ4v) is 9.60. The Morgan fingerprint density at radius 3 is 2.27 bits per heavy atom. The van der Waals surface area contributed by atoms with Gasteiger partial charge in [-0.2, -0.15) is 4.58 Å². The summed E-state index contributed by atoms with van der Waals surface area (Å²) in [5.41, 5.74) is 15.6. The molecule has 0 radical (unpaired) electrons. The van der Waals surface area contributed by atoms with Crippen LogP contribution in [0.25, 0.3) is 0 Å². The largest absolute Gasteiger partial charge is 0.347 e. The number of para-hydroxylation sites is 2. The molecule has 238 valence electrons. The third-order valence-electron chi connectivity index (χ3n) is 11.5. The van der Waals surface area contributed by atoms with E-state index >= 15 is 0 Å². The van der Waals surface area contributed by atoms with Crippen LogP contribution in [0.4, 0.5) is 22.7 Å². The van der Waals surface area contributed by atoms with Crippen molar-refractivity contribution in [3.05, 3.63) is 165 Å². The predicted octanol–water partition coefficient (Wildman–Crippen LogP) is 11.1. The van der Waals surface area contributed by atoms with Crippen molar-refractivity contribution in [3.63, 3.8) is 0 Å². The second kappa shape index (κ2) is 10.6. The van der Waals surface area contributed by atoms with Crippen molar-refractivity contribution >= 4 is 51.7 Å². The quantitative estimate of drug-likeness (QED) is 0.189. The van der Waals surface area contributed by atoms with Crippen LogP contribution in [0.5, 0.6) is 0 Å². The van der Waals surface area contributed by atoms with Gasteiger partial charge in [0.2, 0.25) is 5.69 Å². The van der Waals surface area contributed by atoms with E-state index in [2.05, 4.69) is 152 Å². The van der Waals surface area contributed by atoms with E-state index in [0.717, 1.165) is 34.3 Å². The summed E-state index contributed by atoms with van der Waals surface area (Å²) in [6.07, 6.45) is 12.7. The topological polar surface area (TPSA) is 9.49 Å². The van der Waals surface area contributed by atoms with Crippen molar-refractivity contribution in [2.75, 3.05) is 23.9 Å². The van der Waals surface area contributed by atoms with Gasteiger partial charge in [-0.3, -0.25) is 0 Å². The molecule has 1 unspecified atom stereocenters. The van der Waals surface area contributed by atoms with Gasteiger partial charge in [0.05, 0.1) is 11.1 Å². The van der Waals surface area contributed by atoms with E-state index in [0.29, 0.717) is 5.92 Å². The van der Waals surface area contributed by atoms with E-state index in [9.17, 15) is 0 Å². The maximum atomic E-state index is 6.67. The third kappa shape index (κ3) is 4.10. The van der Waals surface area contributed by atoms with Gasteiger partial charge >= 0.3 is 0 Å². The Kier molecular flexibility index (Phi) is 6.58. The van der Waals surface area contributed by atoms with Gasteiger partial charge < -0.3 is 9.80 Å². The summed E-state index contributed by atoms with van der Waals surface area (Å²) in [6.45, 7) is 4.60. The van der Waals surface area contributed by atoms with Crippen LogP contribution in [-0.4, -0.2) is 24.4 Å². The first kappa shape index (κ1) is 29.8. The molecule has 9 rings (SSSR count). The number of rotatable bonds is 6. The van der Waals surface area contributed by atoms with Crippen LogP contribution in [0, 0.1) is 0 Å². The van der Waals surface area contributed by atoms with E-state index in [1.165, 1.54) is 62.7 Å². The van der Waals surface area contributed by atoms with Crippen LogP contribution in [0.15, 0.2) is 138 Å². The standard InChI is InChI=1S/C43H38Cl2N3/c1-42(2)32-25-29(44)19-21-35(32)46(3)37(42)23-17-27-15-16-28(41(27)48(30-11-7-5-8-12-30)31-13-9-6-10-14-31)18-24-38-43-26-33(43)39-34(45)20-22-36(40(39)43)47(38)4/h5-14,17-25,33H,15-16,26H2,1-4H3/q+1/t33-,43?/m1/s1. The Balaban J connectivity index is 1.18. The second-order valence-electron chi connectivity index (χ2n) is 14.3. The molecule has 1 saturated carbocycles. The molecule has 2 aliphatic heterocycles. The number of likely N-dealkylation sites (N-methyl/N-ethyl adjacent to an activating group) is 1. The van der Waals surface area contributed by atoms with E-state index < -0.39 is 0 Å². The highest BCUT2D eigenvalue weighted by molar-refractivity contribution is 6.32. The summed E-state index contributed by atoms with van der Waals surface area (Å²) in [5.74, 6) is 0.555. The average Bonchev–Trinajstić information content (AvgIpc) is 3.34. The summed E-state index contributed by atoms with van der Waals surface area (Å²) < 4.78 is 2.32. The molecule has 0 aromatic heterocycles. The summed E-state index contributed by atoms with van der Waals surface area (Å²) in [6, 6.07) is 32.1. The Labute approximate surface area is 293 Å². The Bertz CT molecular complexity index is 2150. The smallest absolute Gasteiger partial charge is 0.209 e. The van der Waals surface area contributed by atoms with Crippen molar-refractivity contribution in [3.8, 4) is 0 Å². The molecule has 0 saturated heterocycles. The Morgan fingerprint density at radius 2 is 1.56 bits per heavy atom. The highest BCUT2D eigenvalue weighted by Crippen LogP contribution is 2.80. The number of halogens is 2. The van der Waals surface area contributed by atoms with Crippen LogP contribution >= 0.6 is 23.2 Å². The molecule has 5 heteroatoms. The molecule has 2 atom stereocenters. The number of allylic oxidation sites excluding steroid dienone is 7. The van der Waals surface area contributed by atoms with Crippen LogP contribution in [-0.2, 0) is 10.8 Å². The van der Waals surface area contributed by atoms with E-state index in [4.69, 9.17) is 23.2 Å². The van der Waals surface area contributed by atoms with Gasteiger partial charge in [0.1, 0.15) is 7.05 Å². The van der Waals surface area contributed by atoms with Crippen molar-refractivity contribution < 1.29 is 4.58 Å². The number of hydrogen-bond acceptors (Lipinski definition) is 2. The molecule has 2 heterocycles. The van der Waals surface area contributed by atoms with Crippen LogP contribution in [0.2, 0.25) is 10.0 Å². The fraction of sp³-hybridized carbons (Fsp3) is 0.233. The van der Waals surface area contributed by atoms with Crippen LogP contribution in [0.3, 0.4) is 0 Å². The van der Waals surface area contributed by atoms with E-state index in [1.807, 2.05) is 6.07 Å². The lowest BCUT2D eigenvalue weighted by molar-refractivity contribution is -0.401.